The Labute approximate surface area is 135 Å². The van der Waals surface area contributed by atoms with Gasteiger partial charge in [-0.3, -0.25) is 4.79 Å². The summed E-state index contributed by atoms with van der Waals surface area (Å²) in [5.41, 5.74) is 1.66. The fourth-order valence-corrected chi connectivity index (χ4v) is 3.08. The van der Waals surface area contributed by atoms with Gasteiger partial charge in [0, 0.05) is 24.6 Å². The standard InChI is InChI=1S/C16H22N4O3/c1-10-14(11(2)23-19-10)16(3,4)15(21)17-9-12-8-13-20(18-12)6-5-7-22-13/h8H,5-7,9H2,1-4H3,(H,17,21). The van der Waals surface area contributed by atoms with Crippen molar-refractivity contribution in [1.29, 1.82) is 0 Å². The molecule has 1 N–H and O–H groups in total. The van der Waals surface area contributed by atoms with Crippen LogP contribution in [0, 0.1) is 13.8 Å². The highest BCUT2D eigenvalue weighted by atomic mass is 16.5. The van der Waals surface area contributed by atoms with Gasteiger partial charge in [0.2, 0.25) is 11.8 Å². The molecular weight excluding hydrogens is 296 g/mol. The third-order valence-electron chi connectivity index (χ3n) is 4.21. The summed E-state index contributed by atoms with van der Waals surface area (Å²) in [4.78, 5) is 12.6. The van der Waals surface area contributed by atoms with Crippen LogP contribution in [0.5, 0.6) is 5.88 Å². The summed E-state index contributed by atoms with van der Waals surface area (Å²) in [7, 11) is 0. The van der Waals surface area contributed by atoms with Gasteiger partial charge in [-0.25, -0.2) is 4.68 Å². The molecule has 0 radical (unpaired) electrons. The lowest BCUT2D eigenvalue weighted by Crippen LogP contribution is -2.40. The number of fused-ring (bicyclic) bond motifs is 1. The fourth-order valence-electron chi connectivity index (χ4n) is 3.08. The van der Waals surface area contributed by atoms with Crippen LogP contribution >= 0.6 is 0 Å². The maximum absolute atomic E-state index is 12.6. The summed E-state index contributed by atoms with van der Waals surface area (Å²) in [6.07, 6.45) is 0.958. The molecule has 7 nitrogen and oxygen atoms in total. The zero-order valence-corrected chi connectivity index (χ0v) is 14.0. The molecule has 0 fully saturated rings. The molecule has 7 heteroatoms. The molecule has 0 spiro atoms. The number of ether oxygens (including phenoxy) is 1. The molecule has 0 unspecified atom stereocenters. The minimum atomic E-state index is -0.718. The SMILES string of the molecule is Cc1noc(C)c1C(C)(C)C(=O)NCc1cc2n(n1)CCCO2. The Morgan fingerprint density at radius 1 is 1.43 bits per heavy atom. The van der Waals surface area contributed by atoms with E-state index in [4.69, 9.17) is 9.26 Å². The summed E-state index contributed by atoms with van der Waals surface area (Å²) >= 11 is 0. The van der Waals surface area contributed by atoms with E-state index in [2.05, 4.69) is 15.6 Å². The van der Waals surface area contributed by atoms with Crippen molar-refractivity contribution < 1.29 is 14.1 Å². The van der Waals surface area contributed by atoms with E-state index < -0.39 is 5.41 Å². The average Bonchev–Trinajstić information content (AvgIpc) is 3.07. The number of nitrogens with one attached hydrogen (secondary N) is 1. The van der Waals surface area contributed by atoms with Crippen molar-refractivity contribution in [3.63, 3.8) is 0 Å². The maximum atomic E-state index is 12.6. The van der Waals surface area contributed by atoms with Crippen molar-refractivity contribution in [2.24, 2.45) is 0 Å². The topological polar surface area (TPSA) is 82.2 Å². The fraction of sp³-hybridized carbons (Fsp3) is 0.562. The summed E-state index contributed by atoms with van der Waals surface area (Å²) in [5, 5.41) is 11.3. The predicted octanol–water partition coefficient (Wildman–Crippen LogP) is 1.86. The normalized spacial score (nSPS) is 14.3. The largest absolute Gasteiger partial charge is 0.478 e. The second kappa shape index (κ2) is 5.72. The molecule has 0 saturated carbocycles. The Balaban J connectivity index is 1.70. The van der Waals surface area contributed by atoms with Crippen LogP contribution in [-0.2, 0) is 23.3 Å². The third kappa shape index (κ3) is 2.83. The molecule has 0 bridgehead atoms. The molecule has 1 aliphatic rings. The summed E-state index contributed by atoms with van der Waals surface area (Å²) < 4.78 is 12.6. The van der Waals surface area contributed by atoms with E-state index >= 15 is 0 Å². The molecule has 23 heavy (non-hydrogen) atoms. The molecule has 0 atom stereocenters. The van der Waals surface area contributed by atoms with Crippen molar-refractivity contribution in [1.82, 2.24) is 20.3 Å². The van der Waals surface area contributed by atoms with Crippen LogP contribution in [0.4, 0.5) is 0 Å². The Morgan fingerprint density at radius 3 is 2.87 bits per heavy atom. The molecule has 2 aromatic rings. The van der Waals surface area contributed by atoms with E-state index in [9.17, 15) is 4.79 Å². The molecular formula is C16H22N4O3. The highest BCUT2D eigenvalue weighted by molar-refractivity contribution is 5.87. The molecule has 1 aliphatic heterocycles. The molecule has 3 heterocycles. The number of hydrogen-bond donors (Lipinski definition) is 1. The van der Waals surface area contributed by atoms with Gasteiger partial charge in [-0.2, -0.15) is 5.10 Å². The minimum absolute atomic E-state index is 0.0845. The average molecular weight is 318 g/mol. The number of hydrogen-bond acceptors (Lipinski definition) is 5. The number of aromatic nitrogens is 3. The van der Waals surface area contributed by atoms with Crippen molar-refractivity contribution in [3.05, 3.63) is 28.8 Å². The summed E-state index contributed by atoms with van der Waals surface area (Å²) in [5.74, 6) is 1.36. The molecule has 3 rings (SSSR count). The van der Waals surface area contributed by atoms with Gasteiger partial charge in [-0.15, -0.1) is 0 Å². The second-order valence-corrected chi connectivity index (χ2v) is 6.41. The smallest absolute Gasteiger partial charge is 0.230 e. The number of carbonyl (C=O) groups is 1. The number of amides is 1. The molecule has 0 aliphatic carbocycles. The highest BCUT2D eigenvalue weighted by Crippen LogP contribution is 2.29. The Hall–Kier alpha value is -2.31. The van der Waals surface area contributed by atoms with Crippen LogP contribution in [0.1, 0.15) is 43.0 Å². The number of aryl methyl sites for hydroxylation is 3. The molecule has 2 aromatic heterocycles. The van der Waals surface area contributed by atoms with Crippen molar-refractivity contribution >= 4 is 5.91 Å². The Bertz CT molecular complexity index is 687. The number of nitrogens with zero attached hydrogens (tertiary/aromatic N) is 3. The van der Waals surface area contributed by atoms with E-state index in [0.717, 1.165) is 42.4 Å². The van der Waals surface area contributed by atoms with Crippen LogP contribution in [0.3, 0.4) is 0 Å². The minimum Gasteiger partial charge on any atom is -0.478 e. The first-order valence-electron chi connectivity index (χ1n) is 7.81. The van der Waals surface area contributed by atoms with Crippen LogP contribution in [0.2, 0.25) is 0 Å². The van der Waals surface area contributed by atoms with E-state index in [-0.39, 0.29) is 5.91 Å². The van der Waals surface area contributed by atoms with Gasteiger partial charge in [0.25, 0.3) is 0 Å². The van der Waals surface area contributed by atoms with Crippen molar-refractivity contribution in [2.45, 2.75) is 52.6 Å². The lowest BCUT2D eigenvalue weighted by atomic mass is 9.82. The monoisotopic (exact) mass is 318 g/mol. The number of carbonyl (C=O) groups excluding carboxylic acids is 1. The maximum Gasteiger partial charge on any atom is 0.230 e. The highest BCUT2D eigenvalue weighted by Gasteiger charge is 2.35. The van der Waals surface area contributed by atoms with Gasteiger partial charge in [-0.1, -0.05) is 5.16 Å². The third-order valence-corrected chi connectivity index (χ3v) is 4.21. The zero-order valence-electron chi connectivity index (χ0n) is 14.0. The van der Waals surface area contributed by atoms with Crippen LogP contribution in [-0.4, -0.2) is 27.5 Å². The van der Waals surface area contributed by atoms with E-state index in [0.29, 0.717) is 12.3 Å². The predicted molar refractivity (Wildman–Crippen MR) is 83.2 cm³/mol. The van der Waals surface area contributed by atoms with Crippen molar-refractivity contribution in [3.8, 4) is 5.88 Å². The van der Waals surface area contributed by atoms with Crippen LogP contribution in [0.25, 0.3) is 0 Å². The molecule has 0 saturated heterocycles. The summed E-state index contributed by atoms with van der Waals surface area (Å²) in [6.45, 7) is 9.36. The van der Waals surface area contributed by atoms with Gasteiger partial charge < -0.3 is 14.6 Å². The van der Waals surface area contributed by atoms with E-state index in [1.165, 1.54) is 0 Å². The first-order chi connectivity index (χ1) is 10.9. The van der Waals surface area contributed by atoms with Crippen molar-refractivity contribution in [2.75, 3.05) is 6.61 Å². The van der Waals surface area contributed by atoms with Gasteiger partial charge in [0.15, 0.2) is 0 Å². The first-order valence-corrected chi connectivity index (χ1v) is 7.81. The zero-order chi connectivity index (χ0) is 16.6. The van der Waals surface area contributed by atoms with Gasteiger partial charge >= 0.3 is 0 Å². The number of rotatable bonds is 4. The van der Waals surface area contributed by atoms with Crippen LogP contribution in [0.15, 0.2) is 10.6 Å². The van der Waals surface area contributed by atoms with Gasteiger partial charge in [0.1, 0.15) is 5.76 Å². The van der Waals surface area contributed by atoms with Crippen LogP contribution < -0.4 is 10.1 Å². The Kier molecular flexibility index (Phi) is 3.87. The molecule has 124 valence electrons. The van der Waals surface area contributed by atoms with E-state index in [1.807, 2.05) is 38.4 Å². The van der Waals surface area contributed by atoms with E-state index in [1.54, 1.807) is 0 Å². The van der Waals surface area contributed by atoms with Gasteiger partial charge in [-0.05, 0) is 27.7 Å². The quantitative estimate of drug-likeness (QED) is 0.930. The Morgan fingerprint density at radius 2 is 2.22 bits per heavy atom. The second-order valence-electron chi connectivity index (χ2n) is 6.41. The summed E-state index contributed by atoms with van der Waals surface area (Å²) in [6, 6.07) is 1.88. The van der Waals surface area contributed by atoms with Gasteiger partial charge in [0.05, 0.1) is 30.0 Å². The first kappa shape index (κ1) is 15.6. The lowest BCUT2D eigenvalue weighted by Gasteiger charge is -2.23. The molecule has 0 aromatic carbocycles. The lowest BCUT2D eigenvalue weighted by molar-refractivity contribution is -0.125. The molecule has 1 amide bonds.